The second-order valence-electron chi connectivity index (χ2n) is 10.7. The molecule has 0 aromatic heterocycles. The Morgan fingerprint density at radius 2 is 1.95 bits per heavy atom. The van der Waals surface area contributed by atoms with E-state index in [1.165, 1.54) is 44.2 Å². The van der Waals surface area contributed by atoms with E-state index < -0.39 is 31.0 Å². The minimum atomic E-state index is -4.43. The molecule has 1 aliphatic carbocycles. The predicted octanol–water partition coefficient (Wildman–Crippen LogP) is 4.70. The van der Waals surface area contributed by atoms with Gasteiger partial charge in [-0.1, -0.05) is 26.2 Å². The van der Waals surface area contributed by atoms with Crippen LogP contribution in [0.4, 0.5) is 18.9 Å². The molecule has 1 fully saturated rings. The van der Waals surface area contributed by atoms with E-state index >= 15 is 0 Å². The first kappa shape index (κ1) is 29.2. The maximum absolute atomic E-state index is 13.5. The van der Waals surface area contributed by atoms with Crippen molar-refractivity contribution in [2.45, 2.75) is 77.1 Å². The maximum atomic E-state index is 13.5. The van der Waals surface area contributed by atoms with Gasteiger partial charge in [0.1, 0.15) is 11.9 Å². The molecule has 208 valence electrons. The van der Waals surface area contributed by atoms with Crippen molar-refractivity contribution in [3.63, 3.8) is 0 Å². The van der Waals surface area contributed by atoms with Crippen molar-refractivity contribution >= 4 is 17.5 Å². The highest BCUT2D eigenvalue weighted by Crippen LogP contribution is 2.31. The van der Waals surface area contributed by atoms with Gasteiger partial charge < -0.3 is 25.0 Å². The van der Waals surface area contributed by atoms with E-state index in [2.05, 4.69) is 17.3 Å². The number of aliphatic hydroxyl groups excluding tert-OH is 1. The minimum absolute atomic E-state index is 0.0124. The molecule has 0 saturated heterocycles. The molecule has 1 aliphatic heterocycles. The van der Waals surface area contributed by atoms with Gasteiger partial charge in [0, 0.05) is 37.7 Å². The molecule has 0 spiro atoms. The number of alkyl halides is 3. The standard InChI is InChI=1S/C27H40F3N3O4/c1-18-14-33(19(2)17-34)26(36)22-13-21(31-25(35)11-12-27(28,29)30)9-10-23(22)37-24(18)16-32(3)15-20-7-5-4-6-8-20/h9-10,13,18-20,24,34H,4-8,11-12,14-17H2,1-3H3,(H,31,35)/t18-,19+,24-/m0/s1. The van der Waals surface area contributed by atoms with Crippen LogP contribution in [-0.2, 0) is 4.79 Å². The van der Waals surface area contributed by atoms with Crippen LogP contribution in [0.15, 0.2) is 18.2 Å². The summed E-state index contributed by atoms with van der Waals surface area (Å²) in [4.78, 5) is 29.4. The average Bonchev–Trinajstić information content (AvgIpc) is 2.85. The molecule has 3 rings (SSSR count). The Balaban J connectivity index is 1.80. The third-order valence-corrected chi connectivity index (χ3v) is 7.37. The Morgan fingerprint density at radius 3 is 2.59 bits per heavy atom. The summed E-state index contributed by atoms with van der Waals surface area (Å²) in [6, 6.07) is 4.12. The molecule has 0 radical (unpaired) electrons. The van der Waals surface area contributed by atoms with E-state index in [4.69, 9.17) is 4.74 Å². The van der Waals surface area contributed by atoms with Crippen LogP contribution in [0.3, 0.4) is 0 Å². The van der Waals surface area contributed by atoms with Gasteiger partial charge in [0.2, 0.25) is 5.91 Å². The third-order valence-electron chi connectivity index (χ3n) is 7.37. The lowest BCUT2D eigenvalue weighted by Crippen LogP contribution is -2.50. The Hall–Kier alpha value is -2.33. The number of carbonyl (C=O) groups excluding carboxylic acids is 2. The molecule has 10 heteroatoms. The highest BCUT2D eigenvalue weighted by molar-refractivity contribution is 5.99. The van der Waals surface area contributed by atoms with E-state index in [0.717, 1.165) is 6.54 Å². The lowest BCUT2D eigenvalue weighted by Gasteiger charge is -2.38. The van der Waals surface area contributed by atoms with E-state index in [-0.39, 0.29) is 35.8 Å². The summed E-state index contributed by atoms with van der Waals surface area (Å²) >= 11 is 0. The molecule has 7 nitrogen and oxygen atoms in total. The van der Waals surface area contributed by atoms with Gasteiger partial charge in [0.25, 0.3) is 5.91 Å². The first-order valence-electron chi connectivity index (χ1n) is 13.2. The smallest absolute Gasteiger partial charge is 0.389 e. The van der Waals surface area contributed by atoms with E-state index in [0.29, 0.717) is 24.8 Å². The van der Waals surface area contributed by atoms with Gasteiger partial charge in [0.15, 0.2) is 0 Å². The van der Waals surface area contributed by atoms with Gasteiger partial charge in [-0.15, -0.1) is 0 Å². The fourth-order valence-electron chi connectivity index (χ4n) is 5.19. The van der Waals surface area contributed by atoms with Crippen LogP contribution >= 0.6 is 0 Å². The van der Waals surface area contributed by atoms with Crippen LogP contribution in [0.1, 0.15) is 69.2 Å². The van der Waals surface area contributed by atoms with Crippen LogP contribution in [0.2, 0.25) is 0 Å². The van der Waals surface area contributed by atoms with Crippen molar-refractivity contribution in [3.05, 3.63) is 23.8 Å². The van der Waals surface area contributed by atoms with Gasteiger partial charge in [-0.3, -0.25) is 9.59 Å². The highest BCUT2D eigenvalue weighted by Gasteiger charge is 2.34. The summed E-state index contributed by atoms with van der Waals surface area (Å²) in [5, 5.41) is 12.3. The van der Waals surface area contributed by atoms with Crippen LogP contribution in [0.5, 0.6) is 5.75 Å². The summed E-state index contributed by atoms with van der Waals surface area (Å²) < 4.78 is 43.8. The quantitative estimate of drug-likeness (QED) is 0.487. The van der Waals surface area contributed by atoms with E-state index in [1.807, 2.05) is 6.92 Å². The molecule has 2 N–H and O–H groups in total. The maximum Gasteiger partial charge on any atom is 0.389 e. The number of benzene rings is 1. The number of halogens is 3. The number of carbonyl (C=O) groups is 2. The van der Waals surface area contributed by atoms with Crippen molar-refractivity contribution in [3.8, 4) is 5.75 Å². The fraction of sp³-hybridized carbons (Fsp3) is 0.704. The first-order chi connectivity index (χ1) is 17.5. The van der Waals surface area contributed by atoms with Crippen molar-refractivity contribution in [1.29, 1.82) is 0 Å². The lowest BCUT2D eigenvalue weighted by molar-refractivity contribution is -0.142. The van der Waals surface area contributed by atoms with Crippen LogP contribution in [0.25, 0.3) is 0 Å². The van der Waals surface area contributed by atoms with Crippen molar-refractivity contribution in [2.24, 2.45) is 11.8 Å². The fourth-order valence-corrected chi connectivity index (χ4v) is 5.19. The molecule has 1 aromatic rings. The number of hydrogen-bond acceptors (Lipinski definition) is 5. The van der Waals surface area contributed by atoms with Crippen LogP contribution in [-0.4, -0.2) is 78.3 Å². The van der Waals surface area contributed by atoms with Gasteiger partial charge in [-0.25, -0.2) is 0 Å². The van der Waals surface area contributed by atoms with Gasteiger partial charge >= 0.3 is 6.18 Å². The largest absolute Gasteiger partial charge is 0.488 e. The number of rotatable bonds is 9. The first-order valence-corrected chi connectivity index (χ1v) is 13.2. The molecule has 1 aromatic carbocycles. The predicted molar refractivity (Wildman–Crippen MR) is 136 cm³/mol. The number of nitrogens with one attached hydrogen (secondary N) is 1. The molecule has 2 aliphatic rings. The average molecular weight is 528 g/mol. The number of fused-ring (bicyclic) bond motifs is 1. The molecule has 2 amide bonds. The molecular formula is C27H40F3N3O4. The Morgan fingerprint density at radius 1 is 1.24 bits per heavy atom. The normalized spacial score (nSPS) is 22.2. The molecule has 37 heavy (non-hydrogen) atoms. The van der Waals surface area contributed by atoms with Crippen LogP contribution in [0, 0.1) is 11.8 Å². The Bertz CT molecular complexity index is 921. The Labute approximate surface area is 217 Å². The third kappa shape index (κ3) is 8.60. The molecule has 1 saturated carbocycles. The second kappa shape index (κ2) is 13.0. The summed E-state index contributed by atoms with van der Waals surface area (Å²) in [5.41, 5.74) is 0.430. The summed E-state index contributed by atoms with van der Waals surface area (Å²) in [6.07, 6.45) is -0.250. The molecule has 3 atom stereocenters. The van der Waals surface area contributed by atoms with Gasteiger partial charge in [0.05, 0.1) is 24.6 Å². The molecular weight excluding hydrogens is 487 g/mol. The lowest BCUT2D eigenvalue weighted by atomic mass is 9.89. The summed E-state index contributed by atoms with van der Waals surface area (Å²) in [7, 11) is 2.09. The van der Waals surface area contributed by atoms with E-state index in [9.17, 15) is 27.9 Å². The number of ether oxygens (including phenoxy) is 1. The number of anilines is 1. The van der Waals surface area contributed by atoms with E-state index in [1.54, 1.807) is 17.9 Å². The van der Waals surface area contributed by atoms with Gasteiger partial charge in [-0.05, 0) is 50.9 Å². The van der Waals surface area contributed by atoms with Crippen molar-refractivity contribution in [2.75, 3.05) is 38.6 Å². The Kier molecular flexibility index (Phi) is 10.2. The number of amides is 2. The van der Waals surface area contributed by atoms with Crippen molar-refractivity contribution < 1.29 is 32.6 Å². The highest BCUT2D eigenvalue weighted by atomic mass is 19.4. The molecule has 0 unspecified atom stereocenters. The number of nitrogens with zero attached hydrogens (tertiary/aromatic N) is 2. The number of aliphatic hydroxyl groups is 1. The van der Waals surface area contributed by atoms with Crippen molar-refractivity contribution in [1.82, 2.24) is 9.80 Å². The van der Waals surface area contributed by atoms with Gasteiger partial charge in [-0.2, -0.15) is 13.2 Å². The SMILES string of the molecule is C[C@H](CO)N1C[C@H](C)[C@H](CN(C)CC2CCCCC2)Oc2ccc(NC(=O)CCC(F)(F)F)cc2C1=O. The monoisotopic (exact) mass is 527 g/mol. The minimum Gasteiger partial charge on any atom is -0.488 e. The topological polar surface area (TPSA) is 82.1 Å². The number of hydrogen-bond donors (Lipinski definition) is 2. The summed E-state index contributed by atoms with van der Waals surface area (Å²) in [5.74, 6) is -0.125. The number of likely N-dealkylation sites (N-methyl/N-ethyl adjacent to an activating group) is 1. The molecule has 1 heterocycles. The zero-order valence-corrected chi connectivity index (χ0v) is 22.0. The summed E-state index contributed by atoms with van der Waals surface area (Å²) in [6.45, 7) is 5.61. The molecule has 0 bridgehead atoms. The van der Waals surface area contributed by atoms with Crippen LogP contribution < -0.4 is 10.1 Å². The second-order valence-corrected chi connectivity index (χ2v) is 10.7. The zero-order chi connectivity index (χ0) is 27.2. The zero-order valence-electron chi connectivity index (χ0n) is 22.0.